The first-order chi connectivity index (χ1) is 17.2. The lowest BCUT2D eigenvalue weighted by Crippen LogP contribution is -2.50. The van der Waals surface area contributed by atoms with E-state index in [-0.39, 0.29) is 13.1 Å². The highest BCUT2D eigenvalue weighted by atomic mass is 35.5. The van der Waals surface area contributed by atoms with Gasteiger partial charge in [0, 0.05) is 25.4 Å². The van der Waals surface area contributed by atoms with Crippen LogP contribution in [0.4, 0.5) is 27.8 Å². The van der Waals surface area contributed by atoms with E-state index in [4.69, 9.17) is 11.6 Å². The molecule has 0 unspecified atom stereocenters. The number of halogens is 6. The van der Waals surface area contributed by atoms with Crippen molar-refractivity contribution in [1.29, 1.82) is 0 Å². The van der Waals surface area contributed by atoms with Crippen LogP contribution in [0, 0.1) is 17.5 Å². The Kier molecular flexibility index (Phi) is 6.90. The largest absolute Gasteiger partial charge is 0.389 e. The Labute approximate surface area is 210 Å². The van der Waals surface area contributed by atoms with Gasteiger partial charge >= 0.3 is 0 Å². The van der Waals surface area contributed by atoms with Crippen LogP contribution >= 0.6 is 11.6 Å². The van der Waals surface area contributed by atoms with E-state index in [0.29, 0.717) is 12.1 Å². The molecule has 3 heterocycles. The molecule has 1 amide bonds. The highest BCUT2D eigenvalue weighted by Crippen LogP contribution is 2.30. The van der Waals surface area contributed by atoms with E-state index in [1.807, 2.05) is 5.32 Å². The summed E-state index contributed by atoms with van der Waals surface area (Å²) in [6.07, 6.45) is -4.66. The summed E-state index contributed by atoms with van der Waals surface area (Å²) in [6.45, 7) is 1.60. The van der Waals surface area contributed by atoms with Gasteiger partial charge in [0.25, 0.3) is 12.3 Å². The third kappa shape index (κ3) is 4.86. The number of anilines is 1. The zero-order valence-electron chi connectivity index (χ0n) is 19.3. The summed E-state index contributed by atoms with van der Waals surface area (Å²) in [5, 5.41) is 20.7. The van der Waals surface area contributed by atoms with Crippen LogP contribution in [0.2, 0.25) is 5.02 Å². The maximum atomic E-state index is 15.1. The molecule has 0 saturated carbocycles. The molecular weight excluding hydrogens is 527 g/mol. The second-order valence-electron chi connectivity index (χ2n) is 9.14. The van der Waals surface area contributed by atoms with E-state index < -0.39 is 86.1 Å². The lowest BCUT2D eigenvalue weighted by Gasteiger charge is -2.25. The minimum absolute atomic E-state index is 0.213. The number of aromatic nitrogens is 2. The SMILES string of the molecule is CC(C)(NC(=O)c1cn(-c2c(F)cc(F)cc2Cl)c2nc(N3C[C@@H](O)[C@H](O)C3)c(F)cc2c1=O)C(F)F. The van der Waals surface area contributed by atoms with E-state index in [1.165, 1.54) is 4.90 Å². The van der Waals surface area contributed by atoms with Crippen molar-refractivity contribution >= 4 is 34.4 Å². The molecule has 8 nitrogen and oxygen atoms in total. The molecule has 0 bridgehead atoms. The summed E-state index contributed by atoms with van der Waals surface area (Å²) in [7, 11) is 0. The number of hydrogen-bond acceptors (Lipinski definition) is 6. The average Bonchev–Trinajstić information content (AvgIpc) is 3.11. The molecule has 1 aliphatic rings. The fourth-order valence-electron chi connectivity index (χ4n) is 3.89. The van der Waals surface area contributed by atoms with Gasteiger partial charge in [-0.3, -0.25) is 14.2 Å². The van der Waals surface area contributed by atoms with Gasteiger partial charge in [-0.25, -0.2) is 26.9 Å². The molecule has 14 heteroatoms. The minimum Gasteiger partial charge on any atom is -0.389 e. The van der Waals surface area contributed by atoms with Crippen molar-refractivity contribution in [3.8, 4) is 5.69 Å². The van der Waals surface area contributed by atoms with E-state index in [0.717, 1.165) is 30.7 Å². The highest BCUT2D eigenvalue weighted by Gasteiger charge is 2.34. The number of benzene rings is 1. The molecular formula is C23H20ClF5N4O4. The van der Waals surface area contributed by atoms with Crippen molar-refractivity contribution in [2.24, 2.45) is 0 Å². The molecule has 3 aromatic rings. The Morgan fingerprint density at radius 1 is 1.14 bits per heavy atom. The fourth-order valence-corrected chi connectivity index (χ4v) is 4.18. The van der Waals surface area contributed by atoms with Crippen molar-refractivity contribution in [2.45, 2.75) is 38.0 Å². The Hall–Kier alpha value is -3.29. The van der Waals surface area contributed by atoms with Gasteiger partial charge in [-0.05, 0) is 26.0 Å². The second kappa shape index (κ2) is 9.54. The van der Waals surface area contributed by atoms with Crippen LogP contribution in [0.5, 0.6) is 0 Å². The molecule has 198 valence electrons. The maximum absolute atomic E-state index is 15.1. The molecule has 1 saturated heterocycles. The van der Waals surface area contributed by atoms with Gasteiger partial charge in [0.05, 0.1) is 28.2 Å². The maximum Gasteiger partial charge on any atom is 0.260 e. The van der Waals surface area contributed by atoms with Crippen molar-refractivity contribution < 1.29 is 37.0 Å². The van der Waals surface area contributed by atoms with Crippen LogP contribution in [0.15, 0.2) is 29.2 Å². The second-order valence-corrected chi connectivity index (χ2v) is 9.55. The first-order valence-electron chi connectivity index (χ1n) is 10.8. The van der Waals surface area contributed by atoms with Crippen molar-refractivity contribution in [3.63, 3.8) is 0 Å². The first kappa shape index (κ1) is 26.8. The number of hydrogen-bond donors (Lipinski definition) is 3. The molecule has 3 N–H and O–H groups in total. The highest BCUT2D eigenvalue weighted by molar-refractivity contribution is 6.32. The Bertz CT molecular complexity index is 1430. The third-order valence-electron chi connectivity index (χ3n) is 5.92. The molecule has 2 atom stereocenters. The molecule has 1 aliphatic heterocycles. The third-order valence-corrected chi connectivity index (χ3v) is 6.21. The van der Waals surface area contributed by atoms with E-state index in [1.54, 1.807) is 0 Å². The number of nitrogens with one attached hydrogen (secondary N) is 1. The number of amides is 1. The lowest BCUT2D eigenvalue weighted by atomic mass is 10.1. The smallest absolute Gasteiger partial charge is 0.260 e. The summed E-state index contributed by atoms with van der Waals surface area (Å²) in [6, 6.07) is 1.93. The average molecular weight is 547 g/mol. The van der Waals surface area contributed by atoms with E-state index in [9.17, 15) is 37.4 Å². The molecule has 4 rings (SSSR count). The summed E-state index contributed by atoms with van der Waals surface area (Å²) >= 11 is 6.07. The van der Waals surface area contributed by atoms with E-state index in [2.05, 4.69) is 4.98 Å². The number of fused-ring (bicyclic) bond motifs is 1. The number of rotatable bonds is 5. The Balaban J connectivity index is 2.01. The van der Waals surface area contributed by atoms with Crippen LogP contribution in [0.1, 0.15) is 24.2 Å². The van der Waals surface area contributed by atoms with Gasteiger partial charge in [0.1, 0.15) is 17.1 Å². The van der Waals surface area contributed by atoms with Crippen LogP contribution in [0.25, 0.3) is 16.7 Å². The minimum atomic E-state index is -3.02. The monoisotopic (exact) mass is 546 g/mol. The number of alkyl halides is 2. The van der Waals surface area contributed by atoms with E-state index >= 15 is 4.39 Å². The number of carbonyl (C=O) groups excluding carboxylic acids is 1. The molecule has 2 aromatic heterocycles. The molecule has 0 aliphatic carbocycles. The quantitative estimate of drug-likeness (QED) is 0.425. The number of pyridine rings is 2. The standard InChI is InChI=1S/C23H20ClF5N4O4/c1-23(2,22(28)29)31-21(37)11-6-33(17-12(24)3-9(25)4-13(17)26)19-10(18(11)36)5-14(27)20(30-19)32-7-15(34)16(35)8-32/h3-6,15-16,22,34-35H,7-8H2,1-2H3,(H,31,37)/t15-,16-/m1/s1. The predicted octanol–water partition coefficient (Wildman–Crippen LogP) is 2.77. The van der Waals surface area contributed by atoms with Crippen molar-refractivity contribution in [3.05, 3.63) is 62.7 Å². The summed E-state index contributed by atoms with van der Waals surface area (Å²) in [4.78, 5) is 31.3. The summed E-state index contributed by atoms with van der Waals surface area (Å²) < 4.78 is 71.2. The molecule has 0 spiro atoms. The summed E-state index contributed by atoms with van der Waals surface area (Å²) in [5.74, 6) is -5.01. The predicted molar refractivity (Wildman–Crippen MR) is 124 cm³/mol. The lowest BCUT2D eigenvalue weighted by molar-refractivity contribution is 0.0447. The Morgan fingerprint density at radius 2 is 1.76 bits per heavy atom. The van der Waals surface area contributed by atoms with Crippen LogP contribution in [-0.2, 0) is 0 Å². The van der Waals surface area contributed by atoms with Gasteiger partial charge in [-0.1, -0.05) is 11.6 Å². The molecule has 1 fully saturated rings. The number of nitrogens with zero attached hydrogens (tertiary/aromatic N) is 3. The topological polar surface area (TPSA) is 108 Å². The molecule has 1 aromatic carbocycles. The zero-order chi connectivity index (χ0) is 27.4. The molecule has 37 heavy (non-hydrogen) atoms. The van der Waals surface area contributed by atoms with Crippen molar-refractivity contribution in [2.75, 3.05) is 18.0 Å². The molecule has 0 radical (unpaired) electrons. The van der Waals surface area contributed by atoms with Gasteiger partial charge in [0.2, 0.25) is 5.43 Å². The first-order valence-corrected chi connectivity index (χ1v) is 11.2. The number of carbonyl (C=O) groups is 1. The van der Waals surface area contributed by atoms with Crippen LogP contribution < -0.4 is 15.6 Å². The van der Waals surface area contributed by atoms with Crippen LogP contribution in [0.3, 0.4) is 0 Å². The number of aliphatic hydroxyl groups excluding tert-OH is 2. The fraction of sp³-hybridized carbons (Fsp3) is 0.348. The van der Waals surface area contributed by atoms with Crippen LogP contribution in [-0.4, -0.2) is 62.9 Å². The van der Waals surface area contributed by atoms with Gasteiger partial charge in [-0.15, -0.1) is 0 Å². The van der Waals surface area contributed by atoms with Crippen molar-refractivity contribution in [1.82, 2.24) is 14.9 Å². The van der Waals surface area contributed by atoms with Gasteiger partial charge in [-0.2, -0.15) is 0 Å². The zero-order valence-corrected chi connectivity index (χ0v) is 20.0. The normalized spacial score (nSPS) is 18.2. The summed E-state index contributed by atoms with van der Waals surface area (Å²) in [5.41, 5.74) is -4.89. The number of β-amino-alcohol motifs (C(OH)–C–C–N with tert-alkyl or cyclic N) is 2. The van der Waals surface area contributed by atoms with Gasteiger partial charge in [0.15, 0.2) is 23.1 Å². The Morgan fingerprint density at radius 3 is 2.32 bits per heavy atom. The van der Waals surface area contributed by atoms with Gasteiger partial charge < -0.3 is 20.4 Å². The number of aliphatic hydroxyl groups is 2.